The first-order valence-corrected chi connectivity index (χ1v) is 11.3. The SMILES string of the molecule is CC1CCCN(C(=N)N(CC(C)(C)CN)c2ccc(OCc3ccccc3C#N)cc2)C1. The van der Waals surface area contributed by atoms with E-state index in [4.69, 9.17) is 15.9 Å². The van der Waals surface area contributed by atoms with Gasteiger partial charge in [0.2, 0.25) is 0 Å². The summed E-state index contributed by atoms with van der Waals surface area (Å²) >= 11 is 0. The monoisotopic (exact) mass is 433 g/mol. The number of rotatable bonds is 7. The van der Waals surface area contributed by atoms with Crippen LogP contribution in [0.1, 0.15) is 44.7 Å². The van der Waals surface area contributed by atoms with E-state index in [-0.39, 0.29) is 5.41 Å². The van der Waals surface area contributed by atoms with Crippen LogP contribution in [0, 0.1) is 28.1 Å². The van der Waals surface area contributed by atoms with Crippen LogP contribution in [0.15, 0.2) is 48.5 Å². The Bertz CT molecular complexity index is 947. The number of nitrogens with one attached hydrogen (secondary N) is 1. The lowest BCUT2D eigenvalue weighted by atomic mass is 9.92. The van der Waals surface area contributed by atoms with E-state index in [0.717, 1.165) is 36.5 Å². The Morgan fingerprint density at radius 3 is 2.62 bits per heavy atom. The molecule has 32 heavy (non-hydrogen) atoms. The number of nitrogens with zero attached hydrogens (tertiary/aromatic N) is 3. The van der Waals surface area contributed by atoms with Crippen LogP contribution in [0.4, 0.5) is 5.69 Å². The molecule has 3 N–H and O–H groups in total. The lowest BCUT2D eigenvalue weighted by molar-refractivity contribution is 0.265. The number of nitriles is 1. The fourth-order valence-corrected chi connectivity index (χ4v) is 3.97. The number of benzene rings is 2. The zero-order valence-corrected chi connectivity index (χ0v) is 19.5. The van der Waals surface area contributed by atoms with E-state index < -0.39 is 0 Å². The number of guanidine groups is 1. The maximum atomic E-state index is 9.26. The quantitative estimate of drug-likeness (QED) is 0.492. The largest absolute Gasteiger partial charge is 0.489 e. The predicted octanol–water partition coefficient (Wildman–Crippen LogP) is 4.60. The summed E-state index contributed by atoms with van der Waals surface area (Å²) < 4.78 is 5.93. The van der Waals surface area contributed by atoms with E-state index in [9.17, 15) is 5.26 Å². The van der Waals surface area contributed by atoms with Crippen molar-refractivity contribution in [1.82, 2.24) is 4.90 Å². The van der Waals surface area contributed by atoms with Gasteiger partial charge in [-0.3, -0.25) is 5.41 Å². The molecule has 0 amide bonds. The lowest BCUT2D eigenvalue weighted by Crippen LogP contribution is -2.51. The molecule has 6 nitrogen and oxygen atoms in total. The molecular formula is C26H35N5O. The highest BCUT2D eigenvalue weighted by Crippen LogP contribution is 2.27. The van der Waals surface area contributed by atoms with Crippen molar-refractivity contribution in [1.29, 1.82) is 10.7 Å². The van der Waals surface area contributed by atoms with Gasteiger partial charge in [-0.25, -0.2) is 0 Å². The Hall–Kier alpha value is -3.04. The summed E-state index contributed by atoms with van der Waals surface area (Å²) in [6.45, 7) is 9.92. The van der Waals surface area contributed by atoms with Crippen molar-refractivity contribution >= 4 is 11.6 Å². The fourth-order valence-electron chi connectivity index (χ4n) is 3.97. The van der Waals surface area contributed by atoms with Crippen LogP contribution < -0.4 is 15.4 Å². The zero-order chi connectivity index (χ0) is 23.1. The molecular weight excluding hydrogens is 398 g/mol. The van der Waals surface area contributed by atoms with Crippen LogP contribution in [0.2, 0.25) is 0 Å². The van der Waals surface area contributed by atoms with Gasteiger partial charge in [-0.2, -0.15) is 5.26 Å². The molecule has 1 aliphatic rings. The first-order chi connectivity index (χ1) is 15.3. The maximum Gasteiger partial charge on any atom is 0.198 e. The van der Waals surface area contributed by atoms with Gasteiger partial charge in [-0.05, 0) is 61.1 Å². The number of piperidine rings is 1. The first-order valence-electron chi connectivity index (χ1n) is 11.3. The molecule has 0 bridgehead atoms. The lowest BCUT2D eigenvalue weighted by Gasteiger charge is -2.40. The molecule has 1 saturated heterocycles. The topological polar surface area (TPSA) is 89.4 Å². The molecule has 0 aromatic heterocycles. The second kappa shape index (κ2) is 10.5. The Labute approximate surface area is 192 Å². The van der Waals surface area contributed by atoms with E-state index in [0.29, 0.717) is 37.1 Å². The number of likely N-dealkylation sites (tertiary alicyclic amines) is 1. The second-order valence-electron chi connectivity index (χ2n) is 9.52. The number of anilines is 1. The fraction of sp³-hybridized carbons (Fsp3) is 0.462. The smallest absolute Gasteiger partial charge is 0.198 e. The molecule has 3 rings (SSSR count). The molecule has 0 radical (unpaired) electrons. The molecule has 2 aromatic rings. The minimum Gasteiger partial charge on any atom is -0.489 e. The Balaban J connectivity index is 1.76. The molecule has 170 valence electrons. The third-order valence-electron chi connectivity index (χ3n) is 6.03. The highest BCUT2D eigenvalue weighted by molar-refractivity contribution is 5.94. The Kier molecular flexibility index (Phi) is 7.76. The average Bonchev–Trinajstić information content (AvgIpc) is 2.81. The van der Waals surface area contributed by atoms with Crippen molar-refractivity contribution in [2.75, 3.05) is 31.1 Å². The van der Waals surface area contributed by atoms with Crippen molar-refractivity contribution in [3.05, 3.63) is 59.7 Å². The molecule has 1 aliphatic heterocycles. The van der Waals surface area contributed by atoms with Crippen molar-refractivity contribution in [3.63, 3.8) is 0 Å². The molecule has 1 atom stereocenters. The molecule has 0 saturated carbocycles. The number of nitrogens with two attached hydrogens (primary N) is 1. The summed E-state index contributed by atoms with van der Waals surface area (Å²) in [5.74, 6) is 1.87. The number of ether oxygens (including phenoxy) is 1. The molecule has 0 aliphatic carbocycles. The van der Waals surface area contributed by atoms with Crippen molar-refractivity contribution in [2.45, 2.75) is 40.2 Å². The van der Waals surface area contributed by atoms with E-state index in [1.54, 1.807) is 6.07 Å². The molecule has 1 fully saturated rings. The Morgan fingerprint density at radius 2 is 1.97 bits per heavy atom. The minimum atomic E-state index is -0.121. The zero-order valence-electron chi connectivity index (χ0n) is 19.5. The highest BCUT2D eigenvalue weighted by atomic mass is 16.5. The normalized spacial score (nSPS) is 16.3. The van der Waals surface area contributed by atoms with Crippen molar-refractivity contribution < 1.29 is 4.74 Å². The van der Waals surface area contributed by atoms with Crippen LogP contribution >= 0.6 is 0 Å². The van der Waals surface area contributed by atoms with Crippen LogP contribution in [0.25, 0.3) is 0 Å². The highest BCUT2D eigenvalue weighted by Gasteiger charge is 2.28. The van der Waals surface area contributed by atoms with Gasteiger partial charge in [-0.1, -0.05) is 39.0 Å². The van der Waals surface area contributed by atoms with Gasteiger partial charge in [0.25, 0.3) is 0 Å². The summed E-state index contributed by atoms with van der Waals surface area (Å²) in [7, 11) is 0. The predicted molar refractivity (Wildman–Crippen MR) is 130 cm³/mol. The molecule has 1 heterocycles. The summed E-state index contributed by atoms with van der Waals surface area (Å²) in [5, 5.41) is 18.2. The van der Waals surface area contributed by atoms with Gasteiger partial charge in [-0.15, -0.1) is 0 Å². The third kappa shape index (κ3) is 6.02. The van der Waals surface area contributed by atoms with Crippen molar-refractivity contribution in [3.8, 4) is 11.8 Å². The van der Waals surface area contributed by atoms with Crippen LogP contribution in [-0.2, 0) is 6.61 Å². The number of hydrogen-bond acceptors (Lipinski definition) is 4. The van der Waals surface area contributed by atoms with E-state index in [2.05, 4.69) is 36.6 Å². The van der Waals surface area contributed by atoms with Crippen LogP contribution in [-0.4, -0.2) is 37.0 Å². The molecule has 2 aromatic carbocycles. The van der Waals surface area contributed by atoms with Gasteiger partial charge < -0.3 is 20.3 Å². The molecule has 6 heteroatoms. The standard InChI is InChI=1S/C26H35N5O/c1-20-7-6-14-30(16-20)25(29)31(19-26(2,3)18-28)23-10-12-24(13-11-23)32-17-22-9-5-4-8-21(22)15-27/h4-5,8-13,20,29H,6-7,14,16-19,28H2,1-3H3. The average molecular weight is 434 g/mol. The number of hydrogen-bond donors (Lipinski definition) is 2. The van der Waals surface area contributed by atoms with Crippen molar-refractivity contribution in [2.24, 2.45) is 17.1 Å². The third-order valence-corrected chi connectivity index (χ3v) is 6.03. The van der Waals surface area contributed by atoms with E-state index >= 15 is 0 Å². The summed E-state index contributed by atoms with van der Waals surface area (Å²) in [6.07, 6.45) is 2.34. The Morgan fingerprint density at radius 1 is 1.25 bits per heavy atom. The van der Waals surface area contributed by atoms with Crippen LogP contribution in [0.5, 0.6) is 5.75 Å². The van der Waals surface area contributed by atoms with E-state index in [1.165, 1.54) is 6.42 Å². The summed E-state index contributed by atoms with van der Waals surface area (Å²) in [4.78, 5) is 4.25. The molecule has 0 spiro atoms. The van der Waals surface area contributed by atoms with Gasteiger partial charge in [0.05, 0.1) is 11.6 Å². The van der Waals surface area contributed by atoms with Gasteiger partial charge in [0, 0.05) is 30.9 Å². The first kappa shape index (κ1) is 23.6. The maximum absolute atomic E-state index is 9.26. The van der Waals surface area contributed by atoms with Gasteiger partial charge >= 0.3 is 0 Å². The summed E-state index contributed by atoms with van der Waals surface area (Å²) in [6, 6.07) is 17.5. The van der Waals surface area contributed by atoms with E-state index in [1.807, 2.05) is 42.5 Å². The van der Waals surface area contributed by atoms with Gasteiger partial charge in [0.1, 0.15) is 12.4 Å². The molecule has 1 unspecified atom stereocenters. The summed E-state index contributed by atoms with van der Waals surface area (Å²) in [5.41, 5.74) is 8.35. The van der Waals surface area contributed by atoms with Gasteiger partial charge in [0.15, 0.2) is 5.96 Å². The second-order valence-corrected chi connectivity index (χ2v) is 9.52. The minimum absolute atomic E-state index is 0.121. The van der Waals surface area contributed by atoms with Crippen LogP contribution in [0.3, 0.4) is 0 Å².